The van der Waals surface area contributed by atoms with Crippen LogP contribution in [0.3, 0.4) is 0 Å². The predicted octanol–water partition coefficient (Wildman–Crippen LogP) is -6.58. The van der Waals surface area contributed by atoms with Crippen molar-refractivity contribution in [3.05, 3.63) is 36.0 Å². The van der Waals surface area contributed by atoms with E-state index < -0.39 is 174 Å². The molecule has 41 heteroatoms. The number of carbonyl (C=O) groups is 12. The number of aromatic nitrogens is 1. The summed E-state index contributed by atoms with van der Waals surface area (Å²) in [7, 11) is 0. The number of fused-ring (bicyclic) bond motifs is 1. The molecule has 0 bridgehead atoms. The molecule has 36 N–H and O–H groups in total. The van der Waals surface area contributed by atoms with E-state index in [0.29, 0.717) is 16.5 Å². The van der Waals surface area contributed by atoms with Crippen LogP contribution in [0.4, 0.5) is 0 Å². The maximum absolute atomic E-state index is 14.9. The Bertz CT molecular complexity index is 3540. The number of nitrogens with zero attached hydrogens (tertiary/aromatic N) is 5. The largest absolute Gasteiger partial charge is 0.370 e. The lowest BCUT2D eigenvalue weighted by Gasteiger charge is -2.30. The second kappa shape index (κ2) is 48.2. The summed E-state index contributed by atoms with van der Waals surface area (Å²) in [6, 6.07) is -8.96. The van der Waals surface area contributed by atoms with Gasteiger partial charge in [-0.3, -0.25) is 82.5 Å². The first-order chi connectivity index (χ1) is 51.6. The van der Waals surface area contributed by atoms with Crippen LogP contribution in [0.1, 0.15) is 146 Å². The Morgan fingerprint density at radius 2 is 0.736 bits per heavy atom. The van der Waals surface area contributed by atoms with Crippen molar-refractivity contribution in [2.24, 2.45) is 123 Å². The molecule has 0 aliphatic heterocycles. The molecule has 110 heavy (non-hydrogen) atoms. The number of amides is 12. The molecule has 0 saturated heterocycles. The number of H-pyrrole nitrogens is 1. The number of guanidine groups is 5. The minimum absolute atomic E-state index is 0.00898. The third kappa shape index (κ3) is 34.7. The zero-order chi connectivity index (χ0) is 83.2. The fraction of sp³-hybridized carbons (Fsp3) is 0.638. The van der Waals surface area contributed by atoms with Gasteiger partial charge in [0, 0.05) is 49.7 Å². The molecule has 616 valence electrons. The minimum Gasteiger partial charge on any atom is -0.370 e. The molecule has 2 aromatic rings. The van der Waals surface area contributed by atoms with Crippen molar-refractivity contribution in [2.75, 3.05) is 32.7 Å². The first kappa shape index (κ1) is 94.8. The van der Waals surface area contributed by atoms with Crippen molar-refractivity contribution in [3.8, 4) is 0 Å². The average Bonchev–Trinajstić information content (AvgIpc) is 1.48. The zero-order valence-corrected chi connectivity index (χ0v) is 65.1. The quantitative estimate of drug-likeness (QED) is 0.0166. The monoisotopic (exact) mass is 1550 g/mol. The molecule has 1 aromatic heterocycles. The van der Waals surface area contributed by atoms with Gasteiger partial charge in [0.05, 0.1) is 12.6 Å². The summed E-state index contributed by atoms with van der Waals surface area (Å²) in [4.78, 5) is 193. The van der Waals surface area contributed by atoms with Crippen LogP contribution in [0.25, 0.3) is 10.9 Å². The van der Waals surface area contributed by atoms with Gasteiger partial charge in [0.25, 0.3) is 0 Å². The van der Waals surface area contributed by atoms with E-state index in [9.17, 15) is 57.5 Å². The molecule has 2 rings (SSSR count). The van der Waals surface area contributed by atoms with Crippen molar-refractivity contribution < 1.29 is 57.5 Å². The van der Waals surface area contributed by atoms with Gasteiger partial charge < -0.3 is 132 Å². The smallest absolute Gasteiger partial charge is 0.245 e. The second-order valence-electron chi connectivity index (χ2n) is 28.4. The van der Waals surface area contributed by atoms with E-state index in [-0.39, 0.29) is 132 Å². The van der Waals surface area contributed by atoms with Gasteiger partial charge in [-0.05, 0) is 106 Å². The number of carbonyl (C=O) groups excluding carboxylic acids is 12. The zero-order valence-electron chi connectivity index (χ0n) is 65.1. The Hall–Kier alpha value is -11.3. The lowest BCUT2D eigenvalue weighted by molar-refractivity contribution is -0.137. The van der Waals surface area contributed by atoms with Gasteiger partial charge in [0.1, 0.15) is 66.5 Å². The number of primary amides is 1. The van der Waals surface area contributed by atoms with Gasteiger partial charge >= 0.3 is 0 Å². The third-order valence-corrected chi connectivity index (χ3v) is 17.6. The topological polar surface area (TPSA) is 727 Å². The van der Waals surface area contributed by atoms with Crippen molar-refractivity contribution in [1.82, 2.24) is 63.5 Å². The molecular weight excluding hydrogens is 1430 g/mol. The highest BCUT2D eigenvalue weighted by atomic mass is 16.2. The maximum Gasteiger partial charge on any atom is 0.245 e. The number of aromatic amines is 1. The summed E-state index contributed by atoms with van der Waals surface area (Å²) in [6.07, 6.45) is 2.40. The Morgan fingerprint density at radius 1 is 0.382 bits per heavy atom. The van der Waals surface area contributed by atoms with Crippen molar-refractivity contribution in [2.45, 2.75) is 219 Å². The van der Waals surface area contributed by atoms with Crippen LogP contribution in [0.2, 0.25) is 0 Å². The second-order valence-corrected chi connectivity index (χ2v) is 28.4. The number of rotatable bonds is 50. The molecule has 1 heterocycles. The molecule has 0 aliphatic carbocycles. The first-order valence-corrected chi connectivity index (χ1v) is 36.8. The standard InChI is InChI=1S/C69H123N29O12/c1-12-37(10)52(64(110)94-47(30-39-31-86-41-20-14-13-19-40(39)41)59(105)90-43(22-16-26-83-66(74)75)55(101)89-42(53(71)99)21-15-25-82-65(72)73)98-57(103)45(24-18-28-85-68(78)79)92-63(109)51(36(8)9)96-54(100)38(11)88-62(108)50(35(6)7)97-60(106)48(32-87-69(80)81)95-58(104)46(29-33(2)3)93-56(102)44(23-17-27-84-67(76)77)91-61(107)49(70)34(4)5/h13-14,19-20,31,33-38,42-52,86H,12,15-18,21-30,32,70H2,1-11H3,(H2,71,99)(H,88,108)(H,89,101)(H,90,105)(H,91,107)(H,92,109)(H,93,102)(H,94,110)(H,95,104)(H,96,100)(H,97,106)(H,98,103)(H4,72,73,82)(H4,74,75,83)(H4,76,77,84)(H4,78,79,85)(H4,80,81,87)/t37-,38-,42-,43-,44-,45-,46-,47-,48-,49-,50-,51-,52-/m0/s1. The fourth-order valence-electron chi connectivity index (χ4n) is 11.0. The summed E-state index contributed by atoms with van der Waals surface area (Å²) in [5.74, 6) is -13.9. The summed E-state index contributed by atoms with van der Waals surface area (Å²) >= 11 is 0. The summed E-state index contributed by atoms with van der Waals surface area (Å²) in [6.45, 7) is 17.9. The number of benzene rings is 1. The normalized spacial score (nSPS) is 14.7. The SMILES string of the molecule is CC[C@H](C)[C@H](NC(=O)[C@H](CCCN=C(N)N)NC(=O)[C@@H](NC(=O)[C@H](C)NC(=O)[C@@H](NC(=O)[C@H](CN=C(N)N)NC(=O)[C@H](CC(C)C)NC(=O)[C@H](CCCN=C(N)N)NC(=O)[C@@H](N)C(C)C)C(C)C)C(C)C)C(=O)N[C@@H](Cc1c[nH]c2ccccc12)C(=O)N[C@@H](CCCN=C(N)N)C(=O)N[C@@H](CCCN=C(N)N)C(N)=O. The number of aliphatic imine (C=N–C) groups is 5. The Morgan fingerprint density at radius 3 is 1.18 bits per heavy atom. The predicted molar refractivity (Wildman–Crippen MR) is 420 cm³/mol. The van der Waals surface area contributed by atoms with Gasteiger partial charge in [-0.2, -0.15) is 0 Å². The summed E-state index contributed by atoms with van der Waals surface area (Å²) in [5, 5.41) is 30.1. The molecule has 0 fully saturated rings. The Balaban J connectivity index is 2.53. The molecule has 0 radical (unpaired) electrons. The van der Waals surface area contributed by atoms with Gasteiger partial charge in [-0.1, -0.05) is 93.9 Å². The number of hydrogen-bond acceptors (Lipinski definition) is 18. The molecule has 0 aliphatic rings. The van der Waals surface area contributed by atoms with E-state index in [1.807, 2.05) is 0 Å². The summed E-state index contributed by atoms with van der Waals surface area (Å²) < 4.78 is 0. The highest BCUT2D eigenvalue weighted by molar-refractivity contribution is 6.00. The van der Waals surface area contributed by atoms with Gasteiger partial charge in [0.15, 0.2) is 29.8 Å². The fourth-order valence-corrected chi connectivity index (χ4v) is 11.0. The highest BCUT2D eigenvalue weighted by Gasteiger charge is 2.39. The van der Waals surface area contributed by atoms with Crippen LogP contribution in [-0.4, -0.2) is 211 Å². The van der Waals surface area contributed by atoms with Crippen LogP contribution in [0, 0.1) is 29.6 Å². The molecule has 41 nitrogen and oxygen atoms in total. The van der Waals surface area contributed by atoms with Gasteiger partial charge in [0.2, 0.25) is 70.9 Å². The van der Waals surface area contributed by atoms with Crippen LogP contribution in [-0.2, 0) is 64.0 Å². The molecule has 0 unspecified atom stereocenters. The van der Waals surface area contributed by atoms with E-state index >= 15 is 0 Å². The molecule has 13 atom stereocenters. The lowest BCUT2D eigenvalue weighted by Crippen LogP contribution is -2.62. The van der Waals surface area contributed by atoms with E-state index in [1.165, 1.54) is 6.92 Å². The van der Waals surface area contributed by atoms with Crippen LogP contribution >= 0.6 is 0 Å². The third-order valence-electron chi connectivity index (χ3n) is 17.6. The van der Waals surface area contributed by atoms with Crippen LogP contribution in [0.5, 0.6) is 0 Å². The number of nitrogens with two attached hydrogens (primary N) is 12. The molecule has 0 spiro atoms. The Kier molecular flexibility index (Phi) is 41.5. The Labute approximate surface area is 641 Å². The van der Waals surface area contributed by atoms with E-state index in [1.54, 1.807) is 99.7 Å². The maximum atomic E-state index is 14.9. The van der Waals surface area contributed by atoms with E-state index in [4.69, 9.17) is 68.8 Å². The van der Waals surface area contributed by atoms with Crippen LogP contribution in [0.15, 0.2) is 55.4 Å². The van der Waals surface area contributed by atoms with Crippen LogP contribution < -0.4 is 127 Å². The molecular formula is C69H123N29O12. The molecule has 1 aromatic carbocycles. The lowest BCUT2D eigenvalue weighted by atomic mass is 9.96. The van der Waals surface area contributed by atoms with Crippen molar-refractivity contribution in [3.63, 3.8) is 0 Å². The number of nitrogens with one attached hydrogen (secondary N) is 12. The first-order valence-electron chi connectivity index (χ1n) is 36.8. The van der Waals surface area contributed by atoms with E-state index in [2.05, 4.69) is 88.4 Å². The minimum atomic E-state index is -1.58. The van der Waals surface area contributed by atoms with Crippen molar-refractivity contribution >= 4 is 112 Å². The van der Waals surface area contributed by atoms with Crippen molar-refractivity contribution in [1.29, 1.82) is 0 Å². The average molecular weight is 1550 g/mol. The summed E-state index contributed by atoms with van der Waals surface area (Å²) in [5.41, 5.74) is 68.7. The molecule has 12 amide bonds. The number of hydrogen-bond donors (Lipinski definition) is 24. The molecule has 0 saturated carbocycles. The van der Waals surface area contributed by atoms with E-state index in [0.717, 1.165) is 0 Å². The highest BCUT2D eigenvalue weighted by Crippen LogP contribution is 2.21. The number of para-hydroxylation sites is 1. The van der Waals surface area contributed by atoms with Gasteiger partial charge in [-0.25, -0.2) is 0 Å². The van der Waals surface area contributed by atoms with Gasteiger partial charge in [-0.15, -0.1) is 0 Å².